The van der Waals surface area contributed by atoms with Gasteiger partial charge in [-0.25, -0.2) is 0 Å². The summed E-state index contributed by atoms with van der Waals surface area (Å²) in [6.45, 7) is 15.2. The van der Waals surface area contributed by atoms with Crippen LogP contribution in [0.5, 0.6) is 0 Å². The predicted octanol–water partition coefficient (Wildman–Crippen LogP) is 5.99. The molecule has 0 unspecified atom stereocenters. The highest BCUT2D eigenvalue weighted by molar-refractivity contribution is 6.29. The lowest BCUT2D eigenvalue weighted by Gasteiger charge is -2.30. The number of morpholine rings is 1. The molecule has 0 spiro atoms. The lowest BCUT2D eigenvalue weighted by molar-refractivity contribution is 0.122. The molecule has 0 saturated carbocycles. The highest BCUT2D eigenvalue weighted by Gasteiger charge is 2.18. The third-order valence-electron chi connectivity index (χ3n) is 5.12. The van der Waals surface area contributed by atoms with Crippen molar-refractivity contribution in [3.8, 4) is 0 Å². The molecule has 1 aliphatic rings. The van der Waals surface area contributed by atoms with E-state index >= 15 is 0 Å². The van der Waals surface area contributed by atoms with Crippen molar-refractivity contribution in [1.29, 1.82) is 0 Å². The maximum atomic E-state index is 6.22. The van der Waals surface area contributed by atoms with Gasteiger partial charge in [0.05, 0.1) is 51.1 Å². The Morgan fingerprint density at radius 3 is 2.46 bits per heavy atom. The van der Waals surface area contributed by atoms with Gasteiger partial charge in [0, 0.05) is 36.3 Å². The van der Waals surface area contributed by atoms with Crippen molar-refractivity contribution in [2.75, 3.05) is 58.6 Å². The maximum Gasteiger partial charge on any atom is 0.156 e. The van der Waals surface area contributed by atoms with Crippen molar-refractivity contribution in [1.82, 2.24) is 4.98 Å². The van der Waals surface area contributed by atoms with Crippen molar-refractivity contribution in [2.45, 2.75) is 34.1 Å². The van der Waals surface area contributed by atoms with E-state index in [4.69, 9.17) is 30.5 Å². The highest BCUT2D eigenvalue weighted by Crippen LogP contribution is 2.29. The first kappa shape index (κ1) is 30.3. The van der Waals surface area contributed by atoms with Crippen LogP contribution in [0.4, 0.5) is 5.69 Å². The minimum Gasteiger partial charge on any atom is -0.501 e. The molecule has 2 rings (SSSR count). The number of hydrogen-bond acceptors (Lipinski definition) is 7. The van der Waals surface area contributed by atoms with E-state index in [0.717, 1.165) is 42.2 Å². The van der Waals surface area contributed by atoms with Gasteiger partial charge in [0.15, 0.2) is 5.76 Å². The fraction of sp³-hybridized carbons (Fsp3) is 0.481. The van der Waals surface area contributed by atoms with Gasteiger partial charge in [0.2, 0.25) is 0 Å². The Balaban J connectivity index is 0.000000762. The molecule has 0 atom stereocenters. The molecule has 1 saturated heterocycles. The Morgan fingerprint density at radius 2 is 1.94 bits per heavy atom. The standard InChI is InChI=1S/C21H28ClN3O3.C6H12O/c1-16(22)14-18(15-20(26-4)17(2)28-11-8-23-3)21-19(6-5-7-24-21)25-9-12-27-13-10-25;1-4-6(5-2)7-3/h5-7,14-15H,3,8-13H2,1-2,4H3;4H,5H2,1-3H3/b16-14+,18-15+,20-17-;6-4-. The number of ether oxygens (including phenoxy) is 4. The summed E-state index contributed by atoms with van der Waals surface area (Å²) < 4.78 is 21.6. The van der Waals surface area contributed by atoms with E-state index < -0.39 is 0 Å². The van der Waals surface area contributed by atoms with Gasteiger partial charge in [-0.2, -0.15) is 0 Å². The van der Waals surface area contributed by atoms with Crippen molar-refractivity contribution in [3.05, 3.63) is 64.6 Å². The molecule has 1 fully saturated rings. The third-order valence-corrected chi connectivity index (χ3v) is 5.23. The summed E-state index contributed by atoms with van der Waals surface area (Å²) >= 11 is 6.22. The van der Waals surface area contributed by atoms with Gasteiger partial charge in [0.1, 0.15) is 12.4 Å². The Labute approximate surface area is 215 Å². The van der Waals surface area contributed by atoms with E-state index in [1.165, 1.54) is 0 Å². The van der Waals surface area contributed by atoms with Crippen molar-refractivity contribution in [3.63, 3.8) is 0 Å². The highest BCUT2D eigenvalue weighted by atomic mass is 35.5. The summed E-state index contributed by atoms with van der Waals surface area (Å²) in [6, 6.07) is 4.00. The summed E-state index contributed by atoms with van der Waals surface area (Å²) in [5.74, 6) is 2.32. The molecule has 0 radical (unpaired) electrons. The van der Waals surface area contributed by atoms with E-state index in [9.17, 15) is 0 Å². The van der Waals surface area contributed by atoms with Gasteiger partial charge in [-0.3, -0.25) is 9.98 Å². The van der Waals surface area contributed by atoms with Gasteiger partial charge in [-0.05, 0) is 57.8 Å². The van der Waals surface area contributed by atoms with Gasteiger partial charge in [0.25, 0.3) is 0 Å². The predicted molar refractivity (Wildman–Crippen MR) is 146 cm³/mol. The van der Waals surface area contributed by atoms with Gasteiger partial charge >= 0.3 is 0 Å². The molecule has 194 valence electrons. The number of aliphatic imine (C=N–C) groups is 1. The van der Waals surface area contributed by atoms with Crippen LogP contribution in [0.1, 0.15) is 39.8 Å². The summed E-state index contributed by atoms with van der Waals surface area (Å²) in [5, 5.41) is 0.648. The average Bonchev–Trinajstić information content (AvgIpc) is 2.88. The van der Waals surface area contributed by atoms with Gasteiger partial charge in [-0.15, -0.1) is 0 Å². The Bertz CT molecular complexity index is 893. The molecule has 0 aliphatic carbocycles. The number of pyridine rings is 1. The smallest absolute Gasteiger partial charge is 0.156 e. The molecule has 1 aromatic rings. The Hall–Kier alpha value is -2.77. The first-order valence-corrected chi connectivity index (χ1v) is 12.1. The Morgan fingerprint density at radius 1 is 1.23 bits per heavy atom. The number of methoxy groups -OCH3 is 2. The molecule has 1 aromatic heterocycles. The second kappa shape index (κ2) is 17.6. The zero-order valence-electron chi connectivity index (χ0n) is 22.0. The van der Waals surface area contributed by atoms with Crippen LogP contribution in [0, 0.1) is 0 Å². The SMILES string of the molecule is C/C=C(/CC)OC.C=NCCO/C(C)=C(/C=C(\C=C(/C)Cl)c1ncccc1N1CCOCC1)OC. The maximum absolute atomic E-state index is 6.22. The van der Waals surface area contributed by atoms with E-state index in [-0.39, 0.29) is 0 Å². The average molecular weight is 506 g/mol. The number of hydrogen-bond donors (Lipinski definition) is 0. The van der Waals surface area contributed by atoms with Crippen LogP contribution in [0.2, 0.25) is 0 Å². The summed E-state index contributed by atoms with van der Waals surface area (Å²) in [7, 11) is 3.31. The third kappa shape index (κ3) is 11.0. The van der Waals surface area contributed by atoms with Crippen LogP contribution in [0.3, 0.4) is 0 Å². The number of rotatable bonds is 11. The molecule has 7 nitrogen and oxygen atoms in total. The largest absolute Gasteiger partial charge is 0.501 e. The molecular formula is C27H40ClN3O4. The summed E-state index contributed by atoms with van der Waals surface area (Å²) in [5.41, 5.74) is 2.71. The number of halogens is 1. The van der Waals surface area contributed by atoms with E-state index in [2.05, 4.69) is 34.6 Å². The van der Waals surface area contributed by atoms with Crippen LogP contribution in [-0.2, 0) is 18.9 Å². The van der Waals surface area contributed by atoms with E-state index in [1.54, 1.807) is 20.4 Å². The molecule has 8 heteroatoms. The molecule has 0 amide bonds. The minimum absolute atomic E-state index is 0.443. The molecule has 0 N–H and O–H groups in total. The molecule has 0 bridgehead atoms. The summed E-state index contributed by atoms with van der Waals surface area (Å²) in [6.07, 6.45) is 8.52. The van der Waals surface area contributed by atoms with Crippen molar-refractivity contribution >= 4 is 29.6 Å². The van der Waals surface area contributed by atoms with E-state index in [1.807, 2.05) is 45.1 Å². The molecule has 2 heterocycles. The van der Waals surface area contributed by atoms with Crippen LogP contribution in [0.15, 0.2) is 63.9 Å². The Kier molecular flexibility index (Phi) is 15.2. The second-order valence-electron chi connectivity index (χ2n) is 7.53. The second-order valence-corrected chi connectivity index (χ2v) is 8.13. The van der Waals surface area contributed by atoms with Gasteiger partial charge in [-0.1, -0.05) is 18.5 Å². The van der Waals surface area contributed by atoms with Crippen LogP contribution >= 0.6 is 11.6 Å². The number of nitrogens with zero attached hydrogens (tertiary/aromatic N) is 3. The number of allylic oxidation sites excluding steroid dienone is 7. The lowest BCUT2D eigenvalue weighted by Crippen LogP contribution is -2.36. The molecule has 0 aromatic carbocycles. The minimum atomic E-state index is 0.443. The fourth-order valence-corrected chi connectivity index (χ4v) is 3.44. The first-order valence-electron chi connectivity index (χ1n) is 11.7. The number of anilines is 1. The normalized spacial score (nSPS) is 15.5. The molecular weight excluding hydrogens is 466 g/mol. The zero-order chi connectivity index (χ0) is 26.1. The molecule has 35 heavy (non-hydrogen) atoms. The first-order chi connectivity index (χ1) is 16.9. The fourth-order valence-electron chi connectivity index (χ4n) is 3.32. The number of aromatic nitrogens is 1. The summed E-state index contributed by atoms with van der Waals surface area (Å²) in [4.78, 5) is 10.7. The lowest BCUT2D eigenvalue weighted by atomic mass is 10.1. The van der Waals surface area contributed by atoms with Crippen LogP contribution in [0.25, 0.3) is 5.57 Å². The van der Waals surface area contributed by atoms with E-state index in [0.29, 0.717) is 42.9 Å². The quantitative estimate of drug-likeness (QED) is 0.159. The van der Waals surface area contributed by atoms with Crippen molar-refractivity contribution in [2.24, 2.45) is 4.99 Å². The van der Waals surface area contributed by atoms with Crippen LogP contribution in [-0.4, -0.2) is 65.4 Å². The zero-order valence-corrected chi connectivity index (χ0v) is 22.7. The van der Waals surface area contributed by atoms with Gasteiger partial charge < -0.3 is 23.8 Å². The topological polar surface area (TPSA) is 65.4 Å². The van der Waals surface area contributed by atoms with Crippen LogP contribution < -0.4 is 4.90 Å². The van der Waals surface area contributed by atoms with Crippen molar-refractivity contribution < 1.29 is 18.9 Å². The molecule has 1 aliphatic heterocycles. The monoisotopic (exact) mass is 505 g/mol.